The zero-order valence-corrected chi connectivity index (χ0v) is 23.4. The maximum absolute atomic E-state index is 6.88. The summed E-state index contributed by atoms with van der Waals surface area (Å²) >= 11 is 0. The van der Waals surface area contributed by atoms with Crippen molar-refractivity contribution in [2.45, 2.75) is 140 Å². The fourth-order valence-electron chi connectivity index (χ4n) is 5.86. The van der Waals surface area contributed by atoms with Crippen LogP contribution in [0, 0.1) is 0 Å². The minimum Gasteiger partial charge on any atom is -0.373 e. The van der Waals surface area contributed by atoms with Crippen LogP contribution in [0.4, 0.5) is 0 Å². The summed E-state index contributed by atoms with van der Waals surface area (Å²) in [5, 5.41) is 0. The normalized spacial score (nSPS) is 31.0. The van der Waals surface area contributed by atoms with E-state index in [2.05, 4.69) is 45.0 Å². The molecule has 4 rings (SSSR count). The molecule has 1 spiro atoms. The van der Waals surface area contributed by atoms with Crippen LogP contribution in [0.2, 0.25) is 0 Å². The Balaban J connectivity index is 1.64. The highest BCUT2D eigenvalue weighted by Crippen LogP contribution is 2.47. The van der Waals surface area contributed by atoms with Gasteiger partial charge in [0.05, 0.1) is 6.61 Å². The van der Waals surface area contributed by atoms with Crippen LogP contribution in [-0.2, 0) is 35.0 Å². The van der Waals surface area contributed by atoms with Crippen molar-refractivity contribution in [1.29, 1.82) is 0 Å². The lowest BCUT2D eigenvalue weighted by atomic mass is 9.84. The number of hydrogen-bond acceptors (Lipinski definition) is 6. The van der Waals surface area contributed by atoms with Crippen molar-refractivity contribution < 1.29 is 28.4 Å². The van der Waals surface area contributed by atoms with Crippen molar-refractivity contribution in [1.82, 2.24) is 0 Å². The second-order valence-corrected chi connectivity index (χ2v) is 11.0. The van der Waals surface area contributed by atoms with Crippen LogP contribution < -0.4 is 0 Å². The number of fused-ring (bicyclic) bond motifs is 1. The standard InChI is InChI=1S/C31H50O6/c1-4-7-20-32-25-26(33-21-8-5-2)28(35-23-24-16-12-10-13-17-24)30-29(27(25)34-22-9-6-3)36-31(37-30)18-14-11-15-19-31/h10,12-13,16-17,25-30H,4-9,11,14-15,18-23H2,1-3H3. The Kier molecular flexibility index (Phi) is 11.7. The van der Waals surface area contributed by atoms with Crippen molar-refractivity contribution in [3.05, 3.63) is 35.9 Å². The van der Waals surface area contributed by atoms with Crippen molar-refractivity contribution in [3.63, 3.8) is 0 Å². The van der Waals surface area contributed by atoms with Crippen molar-refractivity contribution in [3.8, 4) is 0 Å². The SMILES string of the molecule is CCCCOC1C(OCCCC)C(OCc2ccccc2)C2OC3(CCCCC3)OC2C1OCCCC. The minimum atomic E-state index is -0.541. The highest BCUT2D eigenvalue weighted by molar-refractivity contribution is 5.14. The summed E-state index contributed by atoms with van der Waals surface area (Å²) in [6.07, 6.45) is 10.1. The molecule has 1 heterocycles. The summed E-state index contributed by atoms with van der Waals surface area (Å²) in [5.74, 6) is -0.541. The van der Waals surface area contributed by atoms with Crippen LogP contribution in [0.25, 0.3) is 0 Å². The number of ether oxygens (including phenoxy) is 6. The number of benzene rings is 1. The predicted molar refractivity (Wildman–Crippen MR) is 145 cm³/mol. The smallest absolute Gasteiger partial charge is 0.169 e. The van der Waals surface area contributed by atoms with E-state index in [1.807, 2.05) is 6.07 Å². The summed E-state index contributed by atoms with van der Waals surface area (Å²) < 4.78 is 40.3. The van der Waals surface area contributed by atoms with Crippen LogP contribution in [0.1, 0.15) is 97.0 Å². The van der Waals surface area contributed by atoms with Gasteiger partial charge in [-0.25, -0.2) is 0 Å². The van der Waals surface area contributed by atoms with Gasteiger partial charge in [-0.15, -0.1) is 0 Å². The third-order valence-electron chi connectivity index (χ3n) is 7.97. The third kappa shape index (κ3) is 7.55. The second kappa shape index (κ2) is 14.9. The fourth-order valence-corrected chi connectivity index (χ4v) is 5.86. The molecule has 0 amide bonds. The van der Waals surface area contributed by atoms with Gasteiger partial charge in [0.25, 0.3) is 0 Å². The van der Waals surface area contributed by atoms with Gasteiger partial charge >= 0.3 is 0 Å². The average molecular weight is 519 g/mol. The summed E-state index contributed by atoms with van der Waals surface area (Å²) in [7, 11) is 0. The van der Waals surface area contributed by atoms with E-state index in [4.69, 9.17) is 28.4 Å². The van der Waals surface area contributed by atoms with Crippen LogP contribution >= 0.6 is 0 Å². The molecule has 0 N–H and O–H groups in total. The average Bonchev–Trinajstić information content (AvgIpc) is 3.28. The molecular weight excluding hydrogens is 468 g/mol. The maximum Gasteiger partial charge on any atom is 0.169 e. The van der Waals surface area contributed by atoms with Gasteiger partial charge in [0.15, 0.2) is 5.79 Å². The van der Waals surface area contributed by atoms with Crippen LogP contribution in [0.3, 0.4) is 0 Å². The summed E-state index contributed by atoms with van der Waals surface area (Å²) in [5.41, 5.74) is 1.14. The zero-order chi connectivity index (χ0) is 25.9. The molecule has 6 atom stereocenters. The lowest BCUT2D eigenvalue weighted by Gasteiger charge is -2.46. The molecule has 0 radical (unpaired) electrons. The van der Waals surface area contributed by atoms with E-state index in [9.17, 15) is 0 Å². The molecule has 1 saturated heterocycles. The Hall–Kier alpha value is -1.02. The molecule has 1 aromatic rings. The van der Waals surface area contributed by atoms with E-state index in [1.54, 1.807) is 0 Å². The summed E-state index contributed by atoms with van der Waals surface area (Å²) in [6, 6.07) is 10.4. The first-order chi connectivity index (χ1) is 18.2. The molecular formula is C31H50O6. The van der Waals surface area contributed by atoms with Crippen LogP contribution in [0.15, 0.2) is 30.3 Å². The first kappa shape index (κ1) is 29.0. The van der Waals surface area contributed by atoms with Gasteiger partial charge in [-0.1, -0.05) is 76.8 Å². The Morgan fingerprint density at radius 3 is 1.65 bits per heavy atom. The lowest BCUT2D eigenvalue weighted by molar-refractivity contribution is -0.246. The molecule has 3 fully saturated rings. The predicted octanol–water partition coefficient (Wildman–Crippen LogP) is 6.59. The van der Waals surface area contributed by atoms with E-state index < -0.39 is 5.79 Å². The van der Waals surface area contributed by atoms with Crippen molar-refractivity contribution in [2.75, 3.05) is 19.8 Å². The molecule has 0 aromatic heterocycles. The van der Waals surface area contributed by atoms with Gasteiger partial charge in [-0.2, -0.15) is 0 Å². The molecule has 3 aliphatic rings. The number of rotatable bonds is 15. The van der Waals surface area contributed by atoms with E-state index in [-0.39, 0.29) is 36.6 Å². The van der Waals surface area contributed by atoms with Crippen molar-refractivity contribution >= 4 is 0 Å². The molecule has 2 saturated carbocycles. The fraction of sp³-hybridized carbons (Fsp3) is 0.806. The van der Waals surface area contributed by atoms with Gasteiger partial charge in [0, 0.05) is 32.7 Å². The molecule has 1 aromatic carbocycles. The van der Waals surface area contributed by atoms with Gasteiger partial charge in [-0.3, -0.25) is 0 Å². The molecule has 6 unspecified atom stereocenters. The van der Waals surface area contributed by atoms with Crippen molar-refractivity contribution in [2.24, 2.45) is 0 Å². The molecule has 2 aliphatic carbocycles. The Bertz CT molecular complexity index is 751. The molecule has 210 valence electrons. The Morgan fingerprint density at radius 2 is 1.14 bits per heavy atom. The Morgan fingerprint density at radius 1 is 0.649 bits per heavy atom. The molecule has 0 bridgehead atoms. The molecule has 37 heavy (non-hydrogen) atoms. The third-order valence-corrected chi connectivity index (χ3v) is 7.97. The zero-order valence-electron chi connectivity index (χ0n) is 23.4. The van der Waals surface area contributed by atoms with Gasteiger partial charge in [0.1, 0.15) is 36.6 Å². The van der Waals surface area contributed by atoms with Crippen LogP contribution in [-0.4, -0.2) is 62.2 Å². The minimum absolute atomic E-state index is 0.228. The lowest BCUT2D eigenvalue weighted by Crippen LogP contribution is -2.65. The second-order valence-electron chi connectivity index (χ2n) is 11.0. The van der Waals surface area contributed by atoms with E-state index >= 15 is 0 Å². The highest BCUT2D eigenvalue weighted by atomic mass is 16.8. The van der Waals surface area contributed by atoms with Crippen LogP contribution in [0.5, 0.6) is 0 Å². The van der Waals surface area contributed by atoms with E-state index in [0.29, 0.717) is 26.4 Å². The first-order valence-corrected chi connectivity index (χ1v) is 15.1. The van der Waals surface area contributed by atoms with Gasteiger partial charge in [0.2, 0.25) is 0 Å². The maximum atomic E-state index is 6.88. The van der Waals surface area contributed by atoms with E-state index in [0.717, 1.165) is 69.8 Å². The number of unbranched alkanes of at least 4 members (excludes halogenated alkanes) is 3. The van der Waals surface area contributed by atoms with E-state index in [1.165, 1.54) is 6.42 Å². The molecule has 6 heteroatoms. The quantitative estimate of drug-likeness (QED) is 0.244. The topological polar surface area (TPSA) is 55.4 Å². The molecule has 1 aliphatic heterocycles. The number of hydrogen-bond donors (Lipinski definition) is 0. The summed E-state index contributed by atoms with van der Waals surface area (Å²) in [6.45, 7) is 9.11. The first-order valence-electron chi connectivity index (χ1n) is 15.1. The Labute approximate surface area is 224 Å². The monoisotopic (exact) mass is 518 g/mol. The van der Waals surface area contributed by atoms with Gasteiger partial charge < -0.3 is 28.4 Å². The largest absolute Gasteiger partial charge is 0.373 e. The van der Waals surface area contributed by atoms with Gasteiger partial charge in [-0.05, 0) is 37.7 Å². The molecule has 6 nitrogen and oxygen atoms in total. The summed E-state index contributed by atoms with van der Waals surface area (Å²) in [4.78, 5) is 0. The highest BCUT2D eigenvalue weighted by Gasteiger charge is 2.62.